The first kappa shape index (κ1) is 18.2. The Balaban J connectivity index is 2.39. The van der Waals surface area contributed by atoms with E-state index < -0.39 is 0 Å². The van der Waals surface area contributed by atoms with Crippen LogP contribution in [0.15, 0.2) is 29.8 Å². The van der Waals surface area contributed by atoms with E-state index in [0.29, 0.717) is 5.54 Å². The minimum absolute atomic E-state index is 0.157. The van der Waals surface area contributed by atoms with Gasteiger partial charge < -0.3 is 0 Å². The molecule has 1 heteroatoms. The summed E-state index contributed by atoms with van der Waals surface area (Å²) < 4.78 is 0. The van der Waals surface area contributed by atoms with Gasteiger partial charge in [-0.15, -0.1) is 0 Å². The monoisotopic (exact) mass is 346 g/mol. The van der Waals surface area contributed by atoms with E-state index >= 15 is 0 Å². The molecule has 0 saturated carbocycles. The van der Waals surface area contributed by atoms with Gasteiger partial charge >= 0.3 is 0 Å². The summed E-state index contributed by atoms with van der Waals surface area (Å²) in [5, 5.41) is 0. The topological polar surface area (TPSA) is 0 Å². The van der Waals surface area contributed by atoms with Crippen LogP contribution in [0.1, 0.15) is 66.6 Å². The molecule has 0 saturated heterocycles. The van der Waals surface area contributed by atoms with E-state index in [2.05, 4.69) is 85.4 Å². The van der Waals surface area contributed by atoms with Crippen LogP contribution in [-0.4, -0.2) is 9.52 Å². The summed E-state index contributed by atoms with van der Waals surface area (Å²) in [6.45, 7) is 18.4. The van der Waals surface area contributed by atoms with Crippen molar-refractivity contribution in [3.8, 4) is 11.1 Å². The lowest BCUT2D eigenvalue weighted by atomic mass is 9.78. The van der Waals surface area contributed by atoms with Crippen molar-refractivity contribution in [2.24, 2.45) is 0 Å². The third-order valence-corrected chi connectivity index (χ3v) is 6.75. The maximum absolute atomic E-state index is 2.50. The zero-order valence-electron chi connectivity index (χ0n) is 17.0. The van der Waals surface area contributed by atoms with Gasteiger partial charge in [0.25, 0.3) is 0 Å². The van der Waals surface area contributed by atoms with E-state index in [1.165, 1.54) is 44.5 Å². The van der Waals surface area contributed by atoms with E-state index in [-0.39, 0.29) is 5.41 Å². The first-order valence-corrected chi connectivity index (χ1v) is 10.8. The Morgan fingerprint density at radius 2 is 1.48 bits per heavy atom. The Morgan fingerprint density at radius 1 is 0.880 bits per heavy atom. The summed E-state index contributed by atoms with van der Waals surface area (Å²) in [6.07, 6.45) is 2.45. The van der Waals surface area contributed by atoms with Crippen LogP contribution >= 0.6 is 0 Å². The Labute approximate surface area is 156 Å². The maximum atomic E-state index is 2.50. The normalized spacial score (nSPS) is 16.8. The van der Waals surface area contributed by atoms with Crippen molar-refractivity contribution < 1.29 is 0 Å². The van der Waals surface area contributed by atoms with Gasteiger partial charge in [0.2, 0.25) is 0 Å². The molecule has 0 aliphatic heterocycles. The van der Waals surface area contributed by atoms with Crippen LogP contribution < -0.4 is 0 Å². The number of allylic oxidation sites excluding steroid dienone is 1. The molecule has 0 aromatic heterocycles. The molecule has 0 nitrogen and oxygen atoms in total. The molecule has 0 fully saturated rings. The lowest BCUT2D eigenvalue weighted by Gasteiger charge is -2.27. The molecule has 1 unspecified atom stereocenters. The molecule has 130 valence electrons. The molecular formula is C24H30Si. The Kier molecular flexibility index (Phi) is 4.57. The number of aryl methyl sites for hydroxylation is 2. The second-order valence-electron chi connectivity index (χ2n) is 8.66. The van der Waals surface area contributed by atoms with Gasteiger partial charge in [-0.1, -0.05) is 74.4 Å². The zero-order chi connectivity index (χ0) is 18.5. The molecule has 1 atom stereocenters. The molecule has 0 spiro atoms. The van der Waals surface area contributed by atoms with Gasteiger partial charge in [-0.2, -0.15) is 0 Å². The van der Waals surface area contributed by atoms with E-state index in [1.54, 1.807) is 5.56 Å². The van der Waals surface area contributed by atoms with Crippen LogP contribution in [0.3, 0.4) is 0 Å². The third-order valence-electron chi connectivity index (χ3n) is 5.40. The molecule has 0 N–H and O–H groups in total. The van der Waals surface area contributed by atoms with Crippen LogP contribution in [0, 0.1) is 20.8 Å². The van der Waals surface area contributed by atoms with Crippen LogP contribution in [0.25, 0.3) is 17.2 Å². The highest BCUT2D eigenvalue weighted by Gasteiger charge is 2.29. The molecule has 1 aliphatic carbocycles. The van der Waals surface area contributed by atoms with E-state index in [4.69, 9.17) is 0 Å². The van der Waals surface area contributed by atoms with Crippen molar-refractivity contribution in [3.05, 3.63) is 63.2 Å². The van der Waals surface area contributed by atoms with Crippen molar-refractivity contribution in [1.29, 1.82) is 0 Å². The molecule has 0 bridgehead atoms. The lowest BCUT2D eigenvalue weighted by molar-refractivity contribution is 0.585. The number of hydrogen-bond acceptors (Lipinski definition) is 0. The van der Waals surface area contributed by atoms with Gasteiger partial charge in [-0.3, -0.25) is 0 Å². The van der Waals surface area contributed by atoms with Gasteiger partial charge in [-0.25, -0.2) is 0 Å². The Morgan fingerprint density at radius 3 is 2.00 bits per heavy atom. The summed E-state index contributed by atoms with van der Waals surface area (Å²) in [4.78, 5) is 0. The zero-order valence-corrected chi connectivity index (χ0v) is 18.0. The number of fused-ring (bicyclic) bond motifs is 1. The van der Waals surface area contributed by atoms with E-state index in [0.717, 1.165) is 9.52 Å². The smallest absolute Gasteiger partial charge is 0.0496 e. The van der Waals surface area contributed by atoms with Crippen molar-refractivity contribution in [1.82, 2.24) is 0 Å². The van der Waals surface area contributed by atoms with E-state index in [1.807, 2.05) is 0 Å². The SMILES string of the molecule is C[Si]C1C(C)=Cc2c1cc(C(C)(C)C)c(C)c2-c1cc(C)cc(C)c1. The van der Waals surface area contributed by atoms with Crippen molar-refractivity contribution >= 4 is 15.6 Å². The van der Waals surface area contributed by atoms with Gasteiger partial charge in [0.05, 0.1) is 0 Å². The predicted octanol–water partition coefficient (Wildman–Crippen LogP) is 6.79. The average molecular weight is 347 g/mol. The molecule has 25 heavy (non-hydrogen) atoms. The van der Waals surface area contributed by atoms with Gasteiger partial charge in [0.15, 0.2) is 0 Å². The molecule has 0 heterocycles. The molecule has 1 aliphatic rings. The van der Waals surface area contributed by atoms with Crippen molar-refractivity contribution in [2.75, 3.05) is 0 Å². The third kappa shape index (κ3) is 3.15. The standard InChI is InChI=1S/C24H30Si/c1-14-9-15(2)11-18(10-14)22-17(4)21(24(5,6)7)13-20-19(22)12-16(3)23(20)25-8/h9-13,23H,1-8H3. The van der Waals surface area contributed by atoms with Crippen molar-refractivity contribution in [2.45, 2.75) is 66.0 Å². The number of rotatable bonds is 2. The molecular weight excluding hydrogens is 316 g/mol. The fourth-order valence-electron chi connectivity index (χ4n) is 4.43. The molecule has 0 amide bonds. The molecule has 2 aromatic carbocycles. The summed E-state index contributed by atoms with van der Waals surface area (Å²) in [5.74, 6) is 0. The summed E-state index contributed by atoms with van der Waals surface area (Å²) >= 11 is 0. The van der Waals surface area contributed by atoms with Crippen LogP contribution in [0.5, 0.6) is 0 Å². The fourth-order valence-corrected chi connectivity index (χ4v) is 5.51. The highest BCUT2D eigenvalue weighted by molar-refractivity contribution is 6.38. The number of benzene rings is 2. The summed E-state index contributed by atoms with van der Waals surface area (Å²) in [6, 6.07) is 9.48. The highest BCUT2D eigenvalue weighted by atomic mass is 28.2. The molecule has 2 aromatic rings. The van der Waals surface area contributed by atoms with Crippen LogP contribution in [0.4, 0.5) is 0 Å². The molecule has 3 rings (SSSR count). The first-order chi connectivity index (χ1) is 11.6. The van der Waals surface area contributed by atoms with E-state index in [9.17, 15) is 0 Å². The van der Waals surface area contributed by atoms with Crippen molar-refractivity contribution in [3.63, 3.8) is 0 Å². The minimum Gasteiger partial charge on any atom is -0.0724 e. The first-order valence-electron chi connectivity index (χ1n) is 9.25. The van der Waals surface area contributed by atoms with Crippen LogP contribution in [-0.2, 0) is 5.41 Å². The lowest BCUT2D eigenvalue weighted by Crippen LogP contribution is -2.16. The quantitative estimate of drug-likeness (QED) is 0.525. The summed E-state index contributed by atoms with van der Waals surface area (Å²) in [5.41, 5.74) is 13.7. The van der Waals surface area contributed by atoms with Crippen LogP contribution in [0.2, 0.25) is 6.55 Å². The maximum Gasteiger partial charge on any atom is 0.0496 e. The Bertz CT molecular complexity index is 842. The number of hydrogen-bond donors (Lipinski definition) is 0. The largest absolute Gasteiger partial charge is 0.0724 e. The van der Waals surface area contributed by atoms with Gasteiger partial charge in [0.1, 0.15) is 0 Å². The second-order valence-corrected chi connectivity index (χ2v) is 9.82. The second kappa shape index (κ2) is 6.28. The van der Waals surface area contributed by atoms with Gasteiger partial charge in [0, 0.05) is 9.52 Å². The fraction of sp³-hybridized carbons (Fsp3) is 0.417. The predicted molar refractivity (Wildman–Crippen MR) is 113 cm³/mol. The summed E-state index contributed by atoms with van der Waals surface area (Å²) in [7, 11) is 0.916. The average Bonchev–Trinajstić information content (AvgIpc) is 2.79. The van der Waals surface area contributed by atoms with Gasteiger partial charge in [-0.05, 0) is 72.0 Å². The highest BCUT2D eigenvalue weighted by Crippen LogP contribution is 2.45. The Hall–Kier alpha value is -1.60. The molecule has 2 radical (unpaired) electrons. The minimum atomic E-state index is 0.157.